The van der Waals surface area contributed by atoms with Gasteiger partial charge in [0.05, 0.1) is 24.7 Å². The second kappa shape index (κ2) is 4.97. The molecule has 0 N–H and O–H groups in total. The summed E-state index contributed by atoms with van der Waals surface area (Å²) in [5.41, 5.74) is 0. The van der Waals surface area contributed by atoms with Crippen LogP contribution in [-0.4, -0.2) is 24.8 Å². The number of esters is 1. The van der Waals surface area contributed by atoms with Gasteiger partial charge in [-0.15, -0.1) is 0 Å². The van der Waals surface area contributed by atoms with Crippen molar-refractivity contribution in [3.8, 4) is 0 Å². The molecule has 0 aromatic rings. The lowest BCUT2D eigenvalue weighted by atomic mass is 9.88. The summed E-state index contributed by atoms with van der Waals surface area (Å²) in [6.45, 7) is 0.646. The van der Waals surface area contributed by atoms with Gasteiger partial charge >= 0.3 is 5.97 Å². The van der Waals surface area contributed by atoms with E-state index in [4.69, 9.17) is 9.47 Å². The first kappa shape index (κ1) is 11.5. The van der Waals surface area contributed by atoms with Gasteiger partial charge in [-0.2, -0.15) is 0 Å². The summed E-state index contributed by atoms with van der Waals surface area (Å²) in [6.07, 6.45) is 10.2. The largest absolute Gasteiger partial charge is 0.465 e. The summed E-state index contributed by atoms with van der Waals surface area (Å²) in [5, 5.41) is 0. The van der Waals surface area contributed by atoms with Gasteiger partial charge in [-0.05, 0) is 38.0 Å². The second-order valence-electron chi connectivity index (χ2n) is 5.81. The van der Waals surface area contributed by atoms with E-state index >= 15 is 0 Å². The van der Waals surface area contributed by atoms with Crippen LogP contribution in [0.15, 0.2) is 0 Å². The van der Waals surface area contributed by atoms with Crippen LogP contribution in [0.4, 0.5) is 0 Å². The Balaban J connectivity index is 1.43. The summed E-state index contributed by atoms with van der Waals surface area (Å²) in [5.74, 6) is 0.660. The quantitative estimate of drug-likeness (QED) is 0.560. The van der Waals surface area contributed by atoms with E-state index in [9.17, 15) is 4.79 Å². The van der Waals surface area contributed by atoms with Gasteiger partial charge in [0.2, 0.25) is 0 Å². The summed E-state index contributed by atoms with van der Waals surface area (Å²) in [7, 11) is 0. The number of hydrogen-bond donors (Lipinski definition) is 0. The Kier molecular flexibility index (Phi) is 3.37. The van der Waals surface area contributed by atoms with Crippen molar-refractivity contribution in [1.29, 1.82) is 0 Å². The Bertz CT molecular complexity index is 283. The Morgan fingerprint density at radius 1 is 1.06 bits per heavy atom. The maximum atomic E-state index is 12.0. The van der Waals surface area contributed by atoms with Crippen LogP contribution in [0.1, 0.15) is 51.4 Å². The molecule has 3 rings (SSSR count). The van der Waals surface area contributed by atoms with Gasteiger partial charge in [0.15, 0.2) is 0 Å². The lowest BCUT2D eigenvalue weighted by Gasteiger charge is -2.23. The second-order valence-corrected chi connectivity index (χ2v) is 5.81. The molecule has 3 nitrogen and oxygen atoms in total. The highest BCUT2D eigenvalue weighted by Crippen LogP contribution is 2.41. The van der Waals surface area contributed by atoms with Crippen molar-refractivity contribution in [2.24, 2.45) is 11.8 Å². The SMILES string of the molecule is O=C(OCC1CCCCC1)C1CCCC2OC21. The first-order chi connectivity index (χ1) is 8.34. The normalized spacial score (nSPS) is 37.3. The number of carbonyl (C=O) groups is 1. The molecule has 1 heterocycles. The van der Waals surface area contributed by atoms with E-state index in [0.717, 1.165) is 19.3 Å². The van der Waals surface area contributed by atoms with E-state index in [2.05, 4.69) is 0 Å². The van der Waals surface area contributed by atoms with Crippen LogP contribution in [0.5, 0.6) is 0 Å². The minimum absolute atomic E-state index is 0.00257. The number of carbonyl (C=O) groups excluding carboxylic acids is 1. The smallest absolute Gasteiger partial charge is 0.311 e. The first-order valence-corrected chi connectivity index (χ1v) is 7.16. The zero-order chi connectivity index (χ0) is 11.7. The number of fused-ring (bicyclic) bond motifs is 1. The van der Waals surface area contributed by atoms with Gasteiger partial charge in [-0.1, -0.05) is 19.3 Å². The van der Waals surface area contributed by atoms with Crippen LogP contribution in [0.3, 0.4) is 0 Å². The van der Waals surface area contributed by atoms with Crippen molar-refractivity contribution in [1.82, 2.24) is 0 Å². The predicted molar refractivity (Wildman–Crippen MR) is 63.5 cm³/mol. The molecular formula is C14H22O3. The lowest BCUT2D eigenvalue weighted by molar-refractivity contribution is -0.151. The average molecular weight is 238 g/mol. The van der Waals surface area contributed by atoms with Crippen LogP contribution in [0.25, 0.3) is 0 Å². The highest BCUT2D eigenvalue weighted by atomic mass is 16.6. The first-order valence-electron chi connectivity index (χ1n) is 7.16. The molecule has 3 unspecified atom stereocenters. The zero-order valence-electron chi connectivity index (χ0n) is 10.4. The predicted octanol–water partition coefficient (Wildman–Crippen LogP) is 2.68. The van der Waals surface area contributed by atoms with Crippen LogP contribution >= 0.6 is 0 Å². The molecule has 0 aromatic carbocycles. The van der Waals surface area contributed by atoms with Crippen molar-refractivity contribution < 1.29 is 14.3 Å². The number of ether oxygens (including phenoxy) is 2. The molecule has 0 aromatic heterocycles. The Hall–Kier alpha value is -0.570. The standard InChI is InChI=1S/C14H22O3/c15-14(11-7-4-8-12-13(11)17-12)16-9-10-5-2-1-3-6-10/h10-13H,1-9H2. The van der Waals surface area contributed by atoms with Gasteiger partial charge in [-0.3, -0.25) is 4.79 Å². The minimum atomic E-state index is 0.00257. The molecule has 0 spiro atoms. The Morgan fingerprint density at radius 3 is 2.71 bits per heavy atom. The van der Waals surface area contributed by atoms with Crippen LogP contribution < -0.4 is 0 Å². The highest BCUT2D eigenvalue weighted by Gasteiger charge is 2.50. The van der Waals surface area contributed by atoms with E-state index in [1.807, 2.05) is 0 Å². The summed E-state index contributed by atoms with van der Waals surface area (Å²) >= 11 is 0. The maximum Gasteiger partial charge on any atom is 0.311 e. The Labute approximate surface area is 103 Å². The molecule has 1 saturated heterocycles. The Morgan fingerprint density at radius 2 is 1.88 bits per heavy atom. The van der Waals surface area contributed by atoms with Gasteiger partial charge < -0.3 is 9.47 Å². The third-order valence-electron chi connectivity index (χ3n) is 4.51. The molecule has 17 heavy (non-hydrogen) atoms. The van der Waals surface area contributed by atoms with Crippen molar-refractivity contribution >= 4 is 5.97 Å². The van der Waals surface area contributed by atoms with E-state index in [1.165, 1.54) is 32.1 Å². The fourth-order valence-corrected chi connectivity index (χ4v) is 3.36. The average Bonchev–Trinajstić information content (AvgIpc) is 3.16. The molecule has 3 atom stereocenters. The van der Waals surface area contributed by atoms with Gasteiger partial charge in [-0.25, -0.2) is 0 Å². The monoisotopic (exact) mass is 238 g/mol. The van der Waals surface area contributed by atoms with Crippen molar-refractivity contribution in [2.75, 3.05) is 6.61 Å². The molecular weight excluding hydrogens is 216 g/mol. The van der Waals surface area contributed by atoms with E-state index in [1.54, 1.807) is 0 Å². The van der Waals surface area contributed by atoms with Crippen LogP contribution in [0, 0.1) is 11.8 Å². The molecule has 0 radical (unpaired) electrons. The topological polar surface area (TPSA) is 38.8 Å². The summed E-state index contributed by atoms with van der Waals surface area (Å²) < 4.78 is 11.0. The van der Waals surface area contributed by atoms with Crippen molar-refractivity contribution in [2.45, 2.75) is 63.6 Å². The van der Waals surface area contributed by atoms with Crippen molar-refractivity contribution in [3.63, 3.8) is 0 Å². The highest BCUT2D eigenvalue weighted by molar-refractivity contribution is 5.73. The summed E-state index contributed by atoms with van der Waals surface area (Å²) in [4.78, 5) is 12.0. The third-order valence-corrected chi connectivity index (χ3v) is 4.51. The van der Waals surface area contributed by atoms with Crippen LogP contribution in [-0.2, 0) is 14.3 Å². The molecule has 3 heteroatoms. The van der Waals surface area contributed by atoms with E-state index < -0.39 is 0 Å². The maximum absolute atomic E-state index is 12.0. The van der Waals surface area contributed by atoms with E-state index in [-0.39, 0.29) is 18.0 Å². The van der Waals surface area contributed by atoms with Gasteiger partial charge in [0.1, 0.15) is 0 Å². The van der Waals surface area contributed by atoms with Crippen molar-refractivity contribution in [3.05, 3.63) is 0 Å². The minimum Gasteiger partial charge on any atom is -0.465 e. The molecule has 3 fully saturated rings. The fourth-order valence-electron chi connectivity index (χ4n) is 3.36. The van der Waals surface area contributed by atoms with Gasteiger partial charge in [0.25, 0.3) is 0 Å². The third kappa shape index (κ3) is 2.65. The van der Waals surface area contributed by atoms with Crippen LogP contribution in [0.2, 0.25) is 0 Å². The molecule has 96 valence electrons. The summed E-state index contributed by atoms with van der Waals surface area (Å²) in [6, 6.07) is 0. The number of epoxide rings is 1. The zero-order valence-corrected chi connectivity index (χ0v) is 10.4. The molecule has 1 aliphatic heterocycles. The molecule has 3 aliphatic rings. The van der Waals surface area contributed by atoms with E-state index in [0.29, 0.717) is 18.6 Å². The molecule has 2 saturated carbocycles. The lowest BCUT2D eigenvalue weighted by Crippen LogP contribution is -2.28. The number of hydrogen-bond acceptors (Lipinski definition) is 3. The number of rotatable bonds is 3. The van der Waals surface area contributed by atoms with Gasteiger partial charge in [0, 0.05) is 0 Å². The molecule has 0 bridgehead atoms. The molecule has 0 amide bonds. The fraction of sp³-hybridized carbons (Fsp3) is 0.929. The molecule has 2 aliphatic carbocycles.